The molecule has 1 unspecified atom stereocenters. The van der Waals surface area contributed by atoms with Crippen LogP contribution >= 0.6 is 0 Å². The second kappa shape index (κ2) is 5.55. The molecular weight excluding hydrogens is 150 g/mol. The third-order valence-corrected chi connectivity index (χ3v) is 1.87. The number of rotatable bonds is 6. The second-order valence-electron chi connectivity index (χ2n) is 4.24. The van der Waals surface area contributed by atoms with Crippen molar-refractivity contribution in [1.29, 1.82) is 0 Å². The number of hydrogen-bond donors (Lipinski definition) is 2. The maximum absolute atomic E-state index is 9.43. The molecule has 0 aromatic heterocycles. The minimum absolute atomic E-state index is 0.524. The summed E-state index contributed by atoms with van der Waals surface area (Å²) in [6.45, 7) is 8.70. The van der Waals surface area contributed by atoms with Gasteiger partial charge in [0.15, 0.2) is 0 Å². The van der Waals surface area contributed by atoms with Crippen LogP contribution in [-0.4, -0.2) is 23.3 Å². The Labute approximate surface area is 76.4 Å². The molecule has 0 aromatic rings. The molecule has 0 saturated heterocycles. The predicted octanol–water partition coefficient (Wildman–Crippen LogP) is 1.93. The number of aliphatic hydroxyl groups is 1. The van der Waals surface area contributed by atoms with E-state index < -0.39 is 5.60 Å². The third-order valence-electron chi connectivity index (χ3n) is 1.87. The van der Waals surface area contributed by atoms with E-state index in [4.69, 9.17) is 0 Å². The first-order valence-electron chi connectivity index (χ1n) is 4.91. The smallest absolute Gasteiger partial charge is 0.0715 e. The Balaban J connectivity index is 3.37. The summed E-state index contributed by atoms with van der Waals surface area (Å²) in [7, 11) is 0. The fourth-order valence-corrected chi connectivity index (χ4v) is 1.04. The first kappa shape index (κ1) is 11.9. The highest BCUT2D eigenvalue weighted by Gasteiger charge is 2.12. The molecule has 74 valence electrons. The van der Waals surface area contributed by atoms with E-state index in [1.54, 1.807) is 0 Å². The summed E-state index contributed by atoms with van der Waals surface area (Å²) in [5.41, 5.74) is -0.583. The Hall–Kier alpha value is -0.0800. The van der Waals surface area contributed by atoms with Crippen LogP contribution in [-0.2, 0) is 0 Å². The van der Waals surface area contributed by atoms with Gasteiger partial charge in [-0.2, -0.15) is 0 Å². The number of hydrogen-bond acceptors (Lipinski definition) is 2. The zero-order chi connectivity index (χ0) is 9.61. The van der Waals surface area contributed by atoms with Crippen molar-refractivity contribution >= 4 is 0 Å². The van der Waals surface area contributed by atoms with Crippen molar-refractivity contribution in [2.75, 3.05) is 6.54 Å². The highest BCUT2D eigenvalue weighted by molar-refractivity contribution is 4.71. The van der Waals surface area contributed by atoms with Crippen molar-refractivity contribution in [3.63, 3.8) is 0 Å². The summed E-state index contributed by atoms with van der Waals surface area (Å²) < 4.78 is 0. The van der Waals surface area contributed by atoms with E-state index in [0.29, 0.717) is 12.6 Å². The van der Waals surface area contributed by atoms with Crippen LogP contribution in [0.25, 0.3) is 0 Å². The molecule has 0 fully saturated rings. The summed E-state index contributed by atoms with van der Waals surface area (Å²) in [6.07, 6.45) is 3.71. The average Bonchev–Trinajstić information content (AvgIpc) is 1.95. The topological polar surface area (TPSA) is 32.3 Å². The van der Waals surface area contributed by atoms with Gasteiger partial charge >= 0.3 is 0 Å². The van der Waals surface area contributed by atoms with Gasteiger partial charge in [-0.15, -0.1) is 0 Å². The highest BCUT2D eigenvalue weighted by atomic mass is 16.3. The number of nitrogens with one attached hydrogen (secondary N) is 1. The molecular formula is C10H23NO. The first-order valence-corrected chi connectivity index (χ1v) is 4.91. The minimum Gasteiger partial charge on any atom is -0.389 e. The fourth-order valence-electron chi connectivity index (χ4n) is 1.04. The predicted molar refractivity (Wildman–Crippen MR) is 53.3 cm³/mol. The van der Waals surface area contributed by atoms with Crippen molar-refractivity contribution < 1.29 is 5.11 Å². The monoisotopic (exact) mass is 173 g/mol. The quantitative estimate of drug-likeness (QED) is 0.643. The summed E-state index contributed by atoms with van der Waals surface area (Å²) in [4.78, 5) is 0. The molecule has 0 radical (unpaired) electrons. The Morgan fingerprint density at radius 1 is 1.42 bits per heavy atom. The van der Waals surface area contributed by atoms with Crippen molar-refractivity contribution in [1.82, 2.24) is 5.32 Å². The summed E-state index contributed by atoms with van der Waals surface area (Å²) in [5.74, 6) is 0. The van der Waals surface area contributed by atoms with Crippen LogP contribution in [0.3, 0.4) is 0 Å². The molecule has 1 atom stereocenters. The Kier molecular flexibility index (Phi) is 5.51. The van der Waals surface area contributed by atoms with Gasteiger partial charge in [-0.25, -0.2) is 0 Å². The lowest BCUT2D eigenvalue weighted by molar-refractivity contribution is 0.0766. The largest absolute Gasteiger partial charge is 0.389 e. The van der Waals surface area contributed by atoms with Crippen molar-refractivity contribution in [2.45, 2.75) is 58.6 Å². The number of unbranched alkanes of at least 4 members (excludes halogenated alkanes) is 1. The van der Waals surface area contributed by atoms with Gasteiger partial charge in [0.2, 0.25) is 0 Å². The molecule has 0 heterocycles. The van der Waals surface area contributed by atoms with Crippen molar-refractivity contribution in [2.24, 2.45) is 0 Å². The zero-order valence-corrected chi connectivity index (χ0v) is 8.85. The van der Waals surface area contributed by atoms with Gasteiger partial charge in [0.1, 0.15) is 0 Å². The van der Waals surface area contributed by atoms with E-state index in [1.165, 1.54) is 19.3 Å². The first-order chi connectivity index (χ1) is 5.45. The van der Waals surface area contributed by atoms with E-state index in [9.17, 15) is 5.11 Å². The van der Waals surface area contributed by atoms with Crippen LogP contribution in [0.2, 0.25) is 0 Å². The Morgan fingerprint density at radius 2 is 2.00 bits per heavy atom. The van der Waals surface area contributed by atoms with E-state index in [-0.39, 0.29) is 0 Å². The standard InChI is InChI=1S/C10H23NO/c1-5-6-7-9(2)11-8-10(3,4)12/h9,11-12H,5-8H2,1-4H3. The van der Waals surface area contributed by atoms with Gasteiger partial charge in [0, 0.05) is 12.6 Å². The molecule has 12 heavy (non-hydrogen) atoms. The molecule has 0 aromatic carbocycles. The van der Waals surface area contributed by atoms with E-state index in [0.717, 1.165) is 0 Å². The lowest BCUT2D eigenvalue weighted by Gasteiger charge is -2.21. The molecule has 2 N–H and O–H groups in total. The normalized spacial score (nSPS) is 14.8. The van der Waals surface area contributed by atoms with Crippen LogP contribution in [0.4, 0.5) is 0 Å². The molecule has 0 amide bonds. The summed E-state index contributed by atoms with van der Waals surface area (Å²) >= 11 is 0. The Bertz CT molecular complexity index is 107. The van der Waals surface area contributed by atoms with Gasteiger partial charge in [-0.05, 0) is 27.2 Å². The summed E-state index contributed by atoms with van der Waals surface area (Å²) in [6, 6.07) is 0.524. The zero-order valence-electron chi connectivity index (χ0n) is 8.85. The summed E-state index contributed by atoms with van der Waals surface area (Å²) in [5, 5.41) is 12.7. The van der Waals surface area contributed by atoms with E-state index >= 15 is 0 Å². The van der Waals surface area contributed by atoms with E-state index in [1.807, 2.05) is 13.8 Å². The van der Waals surface area contributed by atoms with Crippen molar-refractivity contribution in [3.8, 4) is 0 Å². The Morgan fingerprint density at radius 3 is 2.42 bits per heavy atom. The maximum atomic E-state index is 9.43. The van der Waals surface area contributed by atoms with Gasteiger partial charge in [0.05, 0.1) is 5.60 Å². The van der Waals surface area contributed by atoms with Crippen molar-refractivity contribution in [3.05, 3.63) is 0 Å². The van der Waals surface area contributed by atoms with E-state index in [2.05, 4.69) is 19.2 Å². The molecule has 0 aliphatic heterocycles. The van der Waals surface area contributed by atoms with Crippen LogP contribution in [0.5, 0.6) is 0 Å². The van der Waals surface area contributed by atoms with Crippen LogP contribution in [0.15, 0.2) is 0 Å². The molecule has 0 rings (SSSR count). The molecule has 2 nitrogen and oxygen atoms in total. The SMILES string of the molecule is CCCCC(C)NCC(C)(C)O. The average molecular weight is 173 g/mol. The van der Waals surface area contributed by atoms with Gasteiger partial charge in [0.25, 0.3) is 0 Å². The fraction of sp³-hybridized carbons (Fsp3) is 1.00. The van der Waals surface area contributed by atoms with Gasteiger partial charge in [-0.3, -0.25) is 0 Å². The molecule has 0 aliphatic rings. The lowest BCUT2D eigenvalue weighted by Crippen LogP contribution is -2.39. The minimum atomic E-state index is -0.583. The maximum Gasteiger partial charge on any atom is 0.0715 e. The molecule has 0 saturated carbocycles. The van der Waals surface area contributed by atoms with Crippen LogP contribution < -0.4 is 5.32 Å². The molecule has 2 heteroatoms. The highest BCUT2D eigenvalue weighted by Crippen LogP contribution is 2.02. The second-order valence-corrected chi connectivity index (χ2v) is 4.24. The van der Waals surface area contributed by atoms with Gasteiger partial charge in [-0.1, -0.05) is 19.8 Å². The molecule has 0 bridgehead atoms. The molecule has 0 aliphatic carbocycles. The lowest BCUT2D eigenvalue weighted by atomic mass is 10.1. The van der Waals surface area contributed by atoms with Crippen LogP contribution in [0.1, 0.15) is 47.0 Å². The molecule has 0 spiro atoms. The van der Waals surface area contributed by atoms with Crippen LogP contribution in [0, 0.1) is 0 Å². The van der Waals surface area contributed by atoms with Gasteiger partial charge < -0.3 is 10.4 Å². The third kappa shape index (κ3) is 8.02.